The molecule has 4 atom stereocenters. The third-order valence-corrected chi connectivity index (χ3v) is 14.2. The molecule has 0 unspecified atom stereocenters. The Morgan fingerprint density at radius 2 is 1.14 bits per heavy atom. The van der Waals surface area contributed by atoms with Gasteiger partial charge in [0.1, 0.15) is 17.7 Å². The monoisotopic (exact) mass is 949 g/mol. The highest BCUT2D eigenvalue weighted by Crippen LogP contribution is 2.38. The highest BCUT2D eigenvalue weighted by atomic mass is 16.6. The summed E-state index contributed by atoms with van der Waals surface area (Å²) in [6.45, 7) is 8.57. The van der Waals surface area contributed by atoms with Crippen molar-refractivity contribution in [3.8, 4) is 51.0 Å². The molecule has 5 N–H and O–H groups in total. The van der Waals surface area contributed by atoms with Gasteiger partial charge in [-0.25, -0.2) is 19.6 Å². The number of nitrogens with one attached hydrogen (secondary N) is 3. The summed E-state index contributed by atoms with van der Waals surface area (Å²) < 4.78 is 12.1. The number of aromatic amines is 2. The average Bonchev–Trinajstić information content (AvgIpc) is 4.24. The summed E-state index contributed by atoms with van der Waals surface area (Å²) in [5.74, 6) is 2.52. The molecule has 4 amide bonds. The third-order valence-electron chi connectivity index (χ3n) is 14.2. The Bertz CT molecular complexity index is 2790. The highest BCUT2D eigenvalue weighted by Gasteiger charge is 2.39. The largest absolute Gasteiger partial charge is 0.453 e. The quantitative estimate of drug-likeness (QED) is 0.0811. The van der Waals surface area contributed by atoms with E-state index in [1.54, 1.807) is 4.90 Å². The maximum absolute atomic E-state index is 13.8. The lowest BCUT2D eigenvalue weighted by atomic mass is 9.84. The Labute approximate surface area is 408 Å². The van der Waals surface area contributed by atoms with Crippen molar-refractivity contribution in [3.05, 3.63) is 102 Å². The fraction of sp³-hybridized carbons (Fsp3) is 0.434. The number of nitrogens with zero attached hydrogens (tertiary/aromatic N) is 7. The van der Waals surface area contributed by atoms with Gasteiger partial charge < -0.3 is 40.3 Å². The number of hydrogen-bond donors (Lipinski definition) is 4. The van der Waals surface area contributed by atoms with Gasteiger partial charge in [0.25, 0.3) is 5.91 Å². The Kier molecular flexibility index (Phi) is 14.1. The first-order chi connectivity index (χ1) is 33.9. The molecule has 17 heteroatoms. The van der Waals surface area contributed by atoms with Crippen LogP contribution < -0.4 is 11.1 Å². The molecule has 1 saturated carbocycles. The molecule has 2 saturated heterocycles. The van der Waals surface area contributed by atoms with Gasteiger partial charge in [-0.2, -0.15) is 0 Å². The summed E-state index contributed by atoms with van der Waals surface area (Å²) in [6.07, 6.45) is 10.5. The molecule has 366 valence electrons. The van der Waals surface area contributed by atoms with Crippen molar-refractivity contribution in [2.45, 2.75) is 116 Å². The molecule has 9 rings (SSSR count). The lowest BCUT2D eigenvalue weighted by Gasteiger charge is -2.29. The number of ether oxygens (including phenoxy) is 2. The van der Waals surface area contributed by atoms with Crippen LogP contribution in [0.4, 0.5) is 9.59 Å². The minimum absolute atomic E-state index is 0.128. The van der Waals surface area contributed by atoms with Crippen LogP contribution in [0.25, 0.3) is 51.0 Å². The standard InChI is InChI=1S/C53H63N11O6/c1-31(2)44(59-53(68)69-5)50(65)62-27-9-13-42(62)46-55-29-40(57-46)35-15-19-37(20-16-35)48-60-61-49(64(48)39-25-23-34(24-26-39)33-11-7-6-8-12-33)38-21-17-36(18-22-38)41-30-56-47(58-41)43-14-10-28-63(43)51(66)45(32(3)4)70-52(54)67/h15-26,29-33,42-45H,6-14,27-28H2,1-5H3,(H2,54,67)(H,55,57)(H,56,58)(H,59,68)/t42-,43-,44-,45-/m0/s1. The van der Waals surface area contributed by atoms with Gasteiger partial charge in [0, 0.05) is 53.4 Å². The van der Waals surface area contributed by atoms with Gasteiger partial charge in [-0.05, 0) is 74.0 Å². The SMILES string of the molecule is COC(=O)N[C@H](C(=O)N1CCC[C@H]1c1nc(-c2ccc(-c3nnc(-c4ccc(-c5c[nH]c([C@@H]6CCCN6C(=O)[C@@H](OC(N)=O)C(C)C)n5)cc4)n3-c3ccc(C4CCCCC4)cc3)cc2)c[nH]1)C(C)C. The van der Waals surface area contributed by atoms with Gasteiger partial charge in [-0.1, -0.05) is 108 Å². The van der Waals surface area contributed by atoms with Crippen LogP contribution >= 0.6 is 0 Å². The number of amides is 4. The van der Waals surface area contributed by atoms with Crippen molar-refractivity contribution in [1.82, 2.24) is 49.8 Å². The van der Waals surface area contributed by atoms with Crippen LogP contribution in [0, 0.1) is 11.8 Å². The number of imidazole rings is 2. The van der Waals surface area contributed by atoms with E-state index >= 15 is 0 Å². The van der Waals surface area contributed by atoms with Crippen molar-refractivity contribution in [2.24, 2.45) is 17.6 Å². The van der Waals surface area contributed by atoms with E-state index in [9.17, 15) is 19.2 Å². The number of methoxy groups -OCH3 is 1. The predicted octanol–water partition coefficient (Wildman–Crippen LogP) is 9.26. The number of rotatable bonds is 14. The number of nitrogens with two attached hydrogens (primary N) is 1. The van der Waals surface area contributed by atoms with Crippen LogP contribution in [0.15, 0.2) is 85.2 Å². The van der Waals surface area contributed by atoms with Gasteiger partial charge in [-0.3, -0.25) is 14.2 Å². The van der Waals surface area contributed by atoms with Gasteiger partial charge in [0.2, 0.25) is 5.91 Å². The Morgan fingerprint density at radius 1 is 0.643 bits per heavy atom. The predicted molar refractivity (Wildman–Crippen MR) is 264 cm³/mol. The Hall–Kier alpha value is -7.30. The maximum Gasteiger partial charge on any atom is 0.407 e. The zero-order valence-electron chi connectivity index (χ0n) is 40.6. The zero-order chi connectivity index (χ0) is 49.1. The fourth-order valence-corrected chi connectivity index (χ4v) is 10.4. The molecule has 2 aliphatic heterocycles. The Balaban J connectivity index is 0.971. The van der Waals surface area contributed by atoms with Crippen molar-refractivity contribution in [1.29, 1.82) is 0 Å². The number of primary amides is 1. The molecule has 0 radical (unpaired) electrons. The molecule has 5 heterocycles. The third kappa shape index (κ3) is 9.92. The molecule has 17 nitrogen and oxygen atoms in total. The topological polar surface area (TPSA) is 219 Å². The van der Waals surface area contributed by atoms with Crippen molar-refractivity contribution < 1.29 is 28.7 Å². The molecular formula is C53H63N11O6. The maximum atomic E-state index is 13.8. The fourth-order valence-electron chi connectivity index (χ4n) is 10.4. The van der Waals surface area contributed by atoms with Crippen LogP contribution in [0.5, 0.6) is 0 Å². The molecule has 3 aromatic carbocycles. The number of benzene rings is 3. The molecule has 6 aromatic rings. The van der Waals surface area contributed by atoms with Gasteiger partial charge >= 0.3 is 12.2 Å². The molecule has 0 bridgehead atoms. The van der Waals surface area contributed by atoms with Crippen LogP contribution in [0.1, 0.15) is 121 Å². The molecular weight excluding hydrogens is 887 g/mol. The lowest BCUT2D eigenvalue weighted by molar-refractivity contribution is -0.143. The normalized spacial score (nSPS) is 18.3. The van der Waals surface area contributed by atoms with E-state index in [4.69, 9.17) is 35.4 Å². The molecule has 1 aliphatic carbocycles. The van der Waals surface area contributed by atoms with Crippen LogP contribution in [0.2, 0.25) is 0 Å². The van der Waals surface area contributed by atoms with Crippen LogP contribution in [-0.4, -0.2) is 101 Å². The van der Waals surface area contributed by atoms with Gasteiger partial charge in [-0.15, -0.1) is 10.2 Å². The van der Waals surface area contributed by atoms with Gasteiger partial charge in [0.15, 0.2) is 17.8 Å². The van der Waals surface area contributed by atoms with E-state index in [2.05, 4.69) is 44.1 Å². The minimum atomic E-state index is -0.970. The van der Waals surface area contributed by atoms with Crippen molar-refractivity contribution >= 4 is 24.0 Å². The van der Waals surface area contributed by atoms with Crippen LogP contribution in [0.3, 0.4) is 0 Å². The first-order valence-electron chi connectivity index (χ1n) is 24.7. The molecule has 3 aromatic heterocycles. The second-order valence-electron chi connectivity index (χ2n) is 19.4. The van der Waals surface area contributed by atoms with Crippen LogP contribution in [-0.2, 0) is 19.1 Å². The van der Waals surface area contributed by atoms with E-state index in [1.807, 2.05) is 93.5 Å². The summed E-state index contributed by atoms with van der Waals surface area (Å²) in [5.41, 5.74) is 12.7. The number of carbonyl (C=O) groups excluding carboxylic acids is 4. The van der Waals surface area contributed by atoms with E-state index in [0.29, 0.717) is 42.3 Å². The highest BCUT2D eigenvalue weighted by molar-refractivity contribution is 5.86. The summed E-state index contributed by atoms with van der Waals surface area (Å²) in [4.78, 5) is 71.2. The number of hydrogen-bond acceptors (Lipinski definition) is 10. The number of likely N-dealkylation sites (tertiary alicyclic amines) is 2. The van der Waals surface area contributed by atoms with E-state index in [-0.39, 0.29) is 35.7 Å². The average molecular weight is 950 g/mol. The van der Waals surface area contributed by atoms with Gasteiger partial charge in [0.05, 0.1) is 30.6 Å². The summed E-state index contributed by atoms with van der Waals surface area (Å²) >= 11 is 0. The lowest BCUT2D eigenvalue weighted by Crippen LogP contribution is -2.51. The molecule has 3 aliphatic rings. The summed E-state index contributed by atoms with van der Waals surface area (Å²) in [6, 6.07) is 23.8. The van der Waals surface area contributed by atoms with E-state index in [1.165, 1.54) is 44.8 Å². The first-order valence-corrected chi connectivity index (χ1v) is 24.7. The minimum Gasteiger partial charge on any atom is -0.453 e. The Morgan fingerprint density at radius 3 is 1.61 bits per heavy atom. The van der Waals surface area contributed by atoms with Crippen molar-refractivity contribution in [3.63, 3.8) is 0 Å². The summed E-state index contributed by atoms with van der Waals surface area (Å²) in [7, 11) is 1.29. The number of H-pyrrole nitrogens is 2. The van der Waals surface area contributed by atoms with E-state index < -0.39 is 24.3 Å². The second kappa shape index (κ2) is 20.7. The second-order valence-corrected chi connectivity index (χ2v) is 19.4. The molecule has 70 heavy (non-hydrogen) atoms. The zero-order valence-corrected chi connectivity index (χ0v) is 40.6. The van der Waals surface area contributed by atoms with Crippen molar-refractivity contribution in [2.75, 3.05) is 20.2 Å². The number of aromatic nitrogens is 7. The smallest absolute Gasteiger partial charge is 0.407 e. The summed E-state index contributed by atoms with van der Waals surface area (Å²) in [5, 5.41) is 12.3. The number of carbonyl (C=O) groups is 4. The van der Waals surface area contributed by atoms with E-state index in [0.717, 1.165) is 65.0 Å². The number of alkyl carbamates (subject to hydrolysis) is 1. The first kappa shape index (κ1) is 47.8. The molecule has 0 spiro atoms. The molecule has 3 fully saturated rings.